The average Bonchev–Trinajstić information content (AvgIpc) is 3.29. The minimum atomic E-state index is -0.851. The monoisotopic (exact) mass is 904 g/mol. The van der Waals surface area contributed by atoms with Crippen LogP contribution in [0.15, 0.2) is 12.2 Å². The van der Waals surface area contributed by atoms with E-state index < -0.39 is 12.1 Å². The molecule has 0 fully saturated rings. The molecule has 3 N–H and O–H groups in total. The Morgan fingerprint density at radius 2 is 0.719 bits per heavy atom. The standard InChI is InChI=1S/C58H113NO5/c1-3-5-7-9-11-13-15-17-18-19-20-21-22-23-27-30-34-38-42-46-50-56(61)55(54-60)59-57(62)51-47-43-39-35-31-28-24-25-29-33-37-41-45-49-53-64-58(63)52-48-44-40-36-32-26-16-14-12-10-8-6-4-2/h46,50,55-56,60-61H,3-45,47-49,51-54H2,1-2H3,(H,59,62)/b50-46+. The van der Waals surface area contributed by atoms with Crippen molar-refractivity contribution in [3.63, 3.8) is 0 Å². The van der Waals surface area contributed by atoms with Gasteiger partial charge in [0.1, 0.15) is 0 Å². The lowest BCUT2D eigenvalue weighted by Gasteiger charge is -2.20. The van der Waals surface area contributed by atoms with Crippen molar-refractivity contribution < 1.29 is 24.5 Å². The molecule has 0 aromatic heterocycles. The summed E-state index contributed by atoms with van der Waals surface area (Å²) in [7, 11) is 0. The number of hydrogen-bond acceptors (Lipinski definition) is 5. The molecule has 0 aliphatic carbocycles. The molecule has 0 saturated heterocycles. The second-order valence-corrected chi connectivity index (χ2v) is 20.0. The van der Waals surface area contributed by atoms with Gasteiger partial charge in [-0.25, -0.2) is 0 Å². The first-order chi connectivity index (χ1) is 31.5. The van der Waals surface area contributed by atoms with E-state index in [4.69, 9.17) is 4.74 Å². The molecule has 0 bridgehead atoms. The molecular weight excluding hydrogens is 791 g/mol. The number of allylic oxidation sites excluding steroid dienone is 1. The number of carbonyl (C=O) groups excluding carboxylic acids is 2. The zero-order chi connectivity index (χ0) is 46.5. The second-order valence-electron chi connectivity index (χ2n) is 20.0. The van der Waals surface area contributed by atoms with E-state index in [1.54, 1.807) is 6.08 Å². The molecule has 0 aromatic rings. The van der Waals surface area contributed by atoms with Crippen LogP contribution in [0, 0.1) is 0 Å². The molecule has 0 aromatic carbocycles. The van der Waals surface area contributed by atoms with E-state index in [9.17, 15) is 19.8 Å². The molecule has 1 amide bonds. The molecule has 0 radical (unpaired) electrons. The number of aliphatic hydroxyl groups is 2. The maximum absolute atomic E-state index is 12.5. The Morgan fingerprint density at radius 3 is 1.06 bits per heavy atom. The van der Waals surface area contributed by atoms with Crippen molar-refractivity contribution in [3.8, 4) is 0 Å². The predicted molar refractivity (Wildman–Crippen MR) is 278 cm³/mol. The van der Waals surface area contributed by atoms with Gasteiger partial charge in [-0.2, -0.15) is 0 Å². The van der Waals surface area contributed by atoms with Gasteiger partial charge in [0.15, 0.2) is 0 Å². The van der Waals surface area contributed by atoms with E-state index in [-0.39, 0.29) is 18.5 Å². The van der Waals surface area contributed by atoms with Crippen molar-refractivity contribution >= 4 is 11.9 Å². The van der Waals surface area contributed by atoms with Crippen LogP contribution in [-0.4, -0.2) is 47.4 Å². The van der Waals surface area contributed by atoms with Gasteiger partial charge in [-0.05, 0) is 32.1 Å². The van der Waals surface area contributed by atoms with Crippen LogP contribution < -0.4 is 5.32 Å². The number of carbonyl (C=O) groups is 2. The van der Waals surface area contributed by atoms with Crippen molar-refractivity contribution in [2.45, 2.75) is 334 Å². The van der Waals surface area contributed by atoms with Gasteiger partial charge in [-0.1, -0.05) is 289 Å². The number of ether oxygens (including phenoxy) is 1. The Labute approximate surface area is 399 Å². The van der Waals surface area contributed by atoms with Gasteiger partial charge in [0, 0.05) is 12.8 Å². The summed E-state index contributed by atoms with van der Waals surface area (Å²) in [5, 5.41) is 23.2. The predicted octanol–water partition coefficient (Wildman–Crippen LogP) is 17.7. The summed E-state index contributed by atoms with van der Waals surface area (Å²) in [6, 6.07) is -0.635. The van der Waals surface area contributed by atoms with Crippen LogP contribution in [-0.2, 0) is 14.3 Å². The number of aliphatic hydroxyl groups excluding tert-OH is 2. The topological polar surface area (TPSA) is 95.9 Å². The maximum Gasteiger partial charge on any atom is 0.305 e. The first kappa shape index (κ1) is 62.6. The molecule has 6 heteroatoms. The summed E-state index contributed by atoms with van der Waals surface area (Å²) in [5.41, 5.74) is 0. The molecule has 0 spiro atoms. The molecular formula is C58H113NO5. The third-order valence-corrected chi connectivity index (χ3v) is 13.6. The molecule has 2 unspecified atom stereocenters. The Morgan fingerprint density at radius 1 is 0.422 bits per heavy atom. The van der Waals surface area contributed by atoms with Crippen LogP contribution in [0.4, 0.5) is 0 Å². The van der Waals surface area contributed by atoms with E-state index in [0.717, 1.165) is 57.8 Å². The molecule has 6 nitrogen and oxygen atoms in total. The molecule has 0 aliphatic rings. The minimum absolute atomic E-state index is 0.00117. The van der Waals surface area contributed by atoms with Gasteiger partial charge in [0.2, 0.25) is 5.91 Å². The summed E-state index contributed by atoms with van der Waals surface area (Å²) in [6.07, 6.45) is 63.7. The van der Waals surface area contributed by atoms with Crippen LogP contribution in [0.5, 0.6) is 0 Å². The van der Waals surface area contributed by atoms with E-state index in [2.05, 4.69) is 19.2 Å². The zero-order valence-corrected chi connectivity index (χ0v) is 43.3. The van der Waals surface area contributed by atoms with E-state index in [0.29, 0.717) is 19.4 Å². The number of esters is 1. The molecule has 380 valence electrons. The van der Waals surface area contributed by atoms with Crippen LogP contribution >= 0.6 is 0 Å². The summed E-state index contributed by atoms with van der Waals surface area (Å²) in [4.78, 5) is 24.5. The fraction of sp³-hybridized carbons (Fsp3) is 0.931. The molecule has 0 heterocycles. The summed E-state index contributed by atoms with van der Waals surface area (Å²) in [6.45, 7) is 4.90. The Kier molecular flexibility index (Phi) is 53.0. The normalized spacial score (nSPS) is 12.6. The molecule has 0 aliphatic heterocycles. The maximum atomic E-state index is 12.5. The van der Waals surface area contributed by atoms with Crippen molar-refractivity contribution in [2.75, 3.05) is 13.2 Å². The third kappa shape index (κ3) is 50.0. The minimum Gasteiger partial charge on any atom is -0.466 e. The summed E-state index contributed by atoms with van der Waals surface area (Å²) < 4.78 is 5.47. The van der Waals surface area contributed by atoms with Crippen LogP contribution in [0.2, 0.25) is 0 Å². The summed E-state index contributed by atoms with van der Waals surface area (Å²) >= 11 is 0. The van der Waals surface area contributed by atoms with Gasteiger partial charge in [-0.15, -0.1) is 0 Å². The van der Waals surface area contributed by atoms with Crippen molar-refractivity contribution in [1.82, 2.24) is 5.32 Å². The van der Waals surface area contributed by atoms with Crippen LogP contribution in [0.25, 0.3) is 0 Å². The van der Waals surface area contributed by atoms with Gasteiger partial charge < -0.3 is 20.3 Å². The Balaban J connectivity index is 3.47. The van der Waals surface area contributed by atoms with Gasteiger partial charge in [0.05, 0.1) is 25.4 Å². The first-order valence-electron chi connectivity index (χ1n) is 29.0. The number of nitrogens with one attached hydrogen (secondary N) is 1. The number of unbranched alkanes of at least 4 members (excludes halogenated alkanes) is 43. The van der Waals surface area contributed by atoms with Crippen molar-refractivity contribution in [1.29, 1.82) is 0 Å². The second kappa shape index (κ2) is 54.2. The highest BCUT2D eigenvalue weighted by molar-refractivity contribution is 5.76. The number of rotatable bonds is 54. The lowest BCUT2D eigenvalue weighted by atomic mass is 10.0. The Hall–Kier alpha value is -1.40. The van der Waals surface area contributed by atoms with Crippen molar-refractivity contribution in [2.24, 2.45) is 0 Å². The molecule has 64 heavy (non-hydrogen) atoms. The largest absolute Gasteiger partial charge is 0.466 e. The van der Waals surface area contributed by atoms with Crippen molar-refractivity contribution in [3.05, 3.63) is 12.2 Å². The third-order valence-electron chi connectivity index (χ3n) is 13.6. The van der Waals surface area contributed by atoms with Gasteiger partial charge in [0.25, 0.3) is 0 Å². The van der Waals surface area contributed by atoms with E-state index in [1.807, 2.05) is 6.08 Å². The average molecular weight is 905 g/mol. The summed E-state index contributed by atoms with van der Waals surface area (Å²) in [5.74, 6) is -0.0763. The first-order valence-corrected chi connectivity index (χ1v) is 29.0. The molecule has 2 atom stereocenters. The van der Waals surface area contributed by atoms with Gasteiger partial charge in [-0.3, -0.25) is 9.59 Å². The lowest BCUT2D eigenvalue weighted by Crippen LogP contribution is -2.45. The van der Waals surface area contributed by atoms with Crippen LogP contribution in [0.3, 0.4) is 0 Å². The fourth-order valence-corrected chi connectivity index (χ4v) is 9.11. The highest BCUT2D eigenvalue weighted by Gasteiger charge is 2.18. The van der Waals surface area contributed by atoms with E-state index >= 15 is 0 Å². The smallest absolute Gasteiger partial charge is 0.305 e. The zero-order valence-electron chi connectivity index (χ0n) is 43.3. The number of amides is 1. The lowest BCUT2D eigenvalue weighted by molar-refractivity contribution is -0.143. The highest BCUT2D eigenvalue weighted by Crippen LogP contribution is 2.17. The van der Waals surface area contributed by atoms with Gasteiger partial charge >= 0.3 is 5.97 Å². The highest BCUT2D eigenvalue weighted by atomic mass is 16.5. The molecule has 0 rings (SSSR count). The Bertz CT molecular complexity index is 955. The quantitative estimate of drug-likeness (QED) is 0.0321. The number of hydrogen-bond donors (Lipinski definition) is 3. The molecule has 0 saturated carbocycles. The SMILES string of the molecule is CCCCCCCCCCCCCCCCCCCC/C=C/C(O)C(CO)NC(=O)CCCCCCCCCCCCCCCCOC(=O)CCCCCCCCCCCCCCC. The van der Waals surface area contributed by atoms with E-state index in [1.165, 1.54) is 238 Å². The fourth-order valence-electron chi connectivity index (χ4n) is 9.11. The van der Waals surface area contributed by atoms with Crippen LogP contribution in [0.1, 0.15) is 322 Å².